The summed E-state index contributed by atoms with van der Waals surface area (Å²) in [6.45, 7) is 2.24. The second kappa shape index (κ2) is 8.92. The molecule has 112 valence electrons. The fourth-order valence-electron chi connectivity index (χ4n) is 1.23. The molecule has 0 radical (unpaired) electrons. The monoisotopic (exact) mass is 286 g/mol. The summed E-state index contributed by atoms with van der Waals surface area (Å²) in [6.07, 6.45) is -0.0565. The van der Waals surface area contributed by atoms with E-state index in [9.17, 15) is 19.2 Å². The van der Waals surface area contributed by atoms with Gasteiger partial charge in [0.1, 0.15) is 12.6 Å². The Morgan fingerprint density at radius 1 is 1.30 bits per heavy atom. The first kappa shape index (κ1) is 17.9. The number of amides is 1. The zero-order valence-corrected chi connectivity index (χ0v) is 11.3. The van der Waals surface area contributed by atoms with Crippen LogP contribution in [0.1, 0.15) is 26.7 Å². The van der Waals surface area contributed by atoms with Gasteiger partial charge in [-0.2, -0.15) is 0 Å². The summed E-state index contributed by atoms with van der Waals surface area (Å²) in [5, 5.41) is 17.4. The van der Waals surface area contributed by atoms with Crippen LogP contribution in [0.15, 0.2) is 0 Å². The van der Waals surface area contributed by atoms with Crippen LogP contribution >= 0.6 is 0 Å². The van der Waals surface area contributed by atoms with Crippen LogP contribution in [0.2, 0.25) is 0 Å². The average molecular weight is 286 g/mol. The molecule has 0 saturated carbocycles. The quantitative estimate of drug-likeness (QED) is 0.282. The van der Waals surface area contributed by atoms with Crippen LogP contribution in [0.25, 0.3) is 0 Å². The smallest absolute Gasteiger partial charge is 0.328 e. The summed E-state index contributed by atoms with van der Waals surface area (Å²) in [5.41, 5.74) is 0. The number of nitrogens with one attached hydrogen (secondary N) is 2. The standard InChI is InChI=1S/C12H18N2O6/c1-7(2)20-12(19)9(4-3-8(16)5-13)14-11(18)10(17)6-15/h5,7,9,13,15H,3-4,6H2,1-2H3,(H,14,18)/t9-/m0/s1. The van der Waals surface area contributed by atoms with Crippen molar-refractivity contribution in [1.82, 2.24) is 5.32 Å². The molecule has 8 heteroatoms. The van der Waals surface area contributed by atoms with Gasteiger partial charge >= 0.3 is 5.97 Å². The van der Waals surface area contributed by atoms with E-state index < -0.39 is 42.2 Å². The highest BCUT2D eigenvalue weighted by molar-refractivity contribution is 6.37. The minimum atomic E-state index is -1.18. The van der Waals surface area contributed by atoms with Crippen LogP contribution in [-0.2, 0) is 23.9 Å². The van der Waals surface area contributed by atoms with Crippen LogP contribution in [0.3, 0.4) is 0 Å². The number of carbonyl (C=O) groups is 4. The number of aliphatic hydroxyl groups excluding tert-OH is 1. The minimum absolute atomic E-state index is 0.0930. The first-order valence-electron chi connectivity index (χ1n) is 6.00. The second-order valence-electron chi connectivity index (χ2n) is 4.24. The number of Topliss-reactive ketones (excluding diaryl/α,β-unsaturated/α-hetero) is 2. The van der Waals surface area contributed by atoms with Crippen LogP contribution < -0.4 is 5.32 Å². The number of hydrogen-bond donors (Lipinski definition) is 3. The summed E-state index contributed by atoms with van der Waals surface area (Å²) in [4.78, 5) is 45.0. The minimum Gasteiger partial charge on any atom is -0.461 e. The largest absolute Gasteiger partial charge is 0.461 e. The normalized spacial score (nSPS) is 11.6. The molecule has 0 heterocycles. The summed E-state index contributed by atoms with van der Waals surface area (Å²) in [7, 11) is 0. The van der Waals surface area contributed by atoms with E-state index in [0.29, 0.717) is 6.21 Å². The molecule has 0 aliphatic carbocycles. The van der Waals surface area contributed by atoms with Gasteiger partial charge in [0.05, 0.1) is 12.3 Å². The number of esters is 1. The van der Waals surface area contributed by atoms with Gasteiger partial charge in [-0.15, -0.1) is 0 Å². The molecule has 0 spiro atoms. The first-order chi connectivity index (χ1) is 9.31. The summed E-state index contributed by atoms with van der Waals surface area (Å²) in [5.74, 6) is -3.52. The molecule has 1 amide bonds. The molecule has 3 N–H and O–H groups in total. The predicted octanol–water partition coefficient (Wildman–Crippen LogP) is -1.02. The molecule has 20 heavy (non-hydrogen) atoms. The third kappa shape index (κ3) is 6.74. The van der Waals surface area contributed by atoms with Crippen LogP contribution in [-0.4, -0.2) is 53.5 Å². The predicted molar refractivity (Wildman–Crippen MR) is 68.3 cm³/mol. The van der Waals surface area contributed by atoms with Crippen molar-refractivity contribution in [1.29, 1.82) is 5.41 Å². The van der Waals surface area contributed by atoms with E-state index in [0.717, 1.165) is 0 Å². The molecule has 0 rings (SSSR count). The lowest BCUT2D eigenvalue weighted by molar-refractivity contribution is -0.152. The van der Waals surface area contributed by atoms with Gasteiger partial charge in [0.25, 0.3) is 5.91 Å². The first-order valence-corrected chi connectivity index (χ1v) is 6.00. The van der Waals surface area contributed by atoms with E-state index in [2.05, 4.69) is 5.32 Å². The number of carbonyl (C=O) groups excluding carboxylic acids is 4. The molecule has 0 aromatic carbocycles. The summed E-state index contributed by atoms with van der Waals surface area (Å²) >= 11 is 0. The fraction of sp³-hybridized carbons (Fsp3) is 0.583. The fourth-order valence-corrected chi connectivity index (χ4v) is 1.23. The van der Waals surface area contributed by atoms with E-state index in [1.54, 1.807) is 13.8 Å². The number of ketones is 2. The molecule has 0 bridgehead atoms. The van der Waals surface area contributed by atoms with Crippen molar-refractivity contribution in [2.75, 3.05) is 6.61 Å². The molecule has 0 aliphatic rings. The highest BCUT2D eigenvalue weighted by atomic mass is 16.5. The topological polar surface area (TPSA) is 134 Å². The molecule has 1 atom stereocenters. The molecule has 8 nitrogen and oxygen atoms in total. The molecule has 0 aromatic heterocycles. The van der Waals surface area contributed by atoms with E-state index in [-0.39, 0.29) is 12.8 Å². The Morgan fingerprint density at radius 2 is 1.90 bits per heavy atom. The van der Waals surface area contributed by atoms with Gasteiger partial charge in [-0.25, -0.2) is 4.79 Å². The molecule has 0 fully saturated rings. The Bertz CT molecular complexity index is 405. The van der Waals surface area contributed by atoms with Crippen LogP contribution in [0.5, 0.6) is 0 Å². The number of aliphatic hydroxyl groups is 1. The third-order valence-electron chi connectivity index (χ3n) is 2.18. The lowest BCUT2D eigenvalue weighted by Crippen LogP contribution is -2.46. The molecule has 0 saturated heterocycles. The van der Waals surface area contributed by atoms with Gasteiger partial charge < -0.3 is 20.6 Å². The second-order valence-corrected chi connectivity index (χ2v) is 4.24. The van der Waals surface area contributed by atoms with Crippen molar-refractivity contribution < 1.29 is 29.0 Å². The van der Waals surface area contributed by atoms with Crippen LogP contribution in [0, 0.1) is 5.41 Å². The average Bonchev–Trinajstić information content (AvgIpc) is 2.40. The van der Waals surface area contributed by atoms with E-state index in [1.807, 2.05) is 0 Å². The van der Waals surface area contributed by atoms with Crippen molar-refractivity contribution in [3.8, 4) is 0 Å². The van der Waals surface area contributed by atoms with E-state index in [1.165, 1.54) is 0 Å². The van der Waals surface area contributed by atoms with Gasteiger partial charge in [0.15, 0.2) is 5.78 Å². The van der Waals surface area contributed by atoms with Crippen molar-refractivity contribution in [2.24, 2.45) is 0 Å². The Labute approximate surface area is 116 Å². The van der Waals surface area contributed by atoms with E-state index in [4.69, 9.17) is 15.3 Å². The molecule has 0 aromatic rings. The molecular formula is C12H18N2O6. The zero-order chi connectivity index (χ0) is 15.7. The molecule has 0 unspecified atom stereocenters. The maximum absolute atomic E-state index is 11.7. The van der Waals surface area contributed by atoms with Crippen molar-refractivity contribution in [2.45, 2.75) is 38.8 Å². The summed E-state index contributed by atoms with van der Waals surface area (Å²) in [6, 6.07) is -1.18. The number of ether oxygens (including phenoxy) is 1. The summed E-state index contributed by atoms with van der Waals surface area (Å²) < 4.78 is 4.90. The number of hydrogen-bond acceptors (Lipinski definition) is 7. The van der Waals surface area contributed by atoms with Gasteiger partial charge in [0, 0.05) is 6.42 Å². The molecule has 0 aliphatic heterocycles. The number of rotatable bonds is 9. The van der Waals surface area contributed by atoms with Gasteiger partial charge in [0.2, 0.25) is 5.78 Å². The lowest BCUT2D eigenvalue weighted by Gasteiger charge is -2.18. The van der Waals surface area contributed by atoms with Crippen LogP contribution in [0.4, 0.5) is 0 Å². The Kier molecular flexibility index (Phi) is 7.98. The van der Waals surface area contributed by atoms with Gasteiger partial charge in [-0.1, -0.05) is 0 Å². The molecular weight excluding hydrogens is 268 g/mol. The SMILES string of the molecule is CC(C)OC(=O)[C@H](CCC(=O)C=N)NC(=O)C(=O)CO. The maximum Gasteiger partial charge on any atom is 0.328 e. The van der Waals surface area contributed by atoms with Crippen molar-refractivity contribution in [3.63, 3.8) is 0 Å². The third-order valence-corrected chi connectivity index (χ3v) is 2.18. The highest BCUT2D eigenvalue weighted by Gasteiger charge is 2.26. The Hall–Kier alpha value is -2.09. The van der Waals surface area contributed by atoms with Gasteiger partial charge in [-0.05, 0) is 20.3 Å². The zero-order valence-electron chi connectivity index (χ0n) is 11.3. The van der Waals surface area contributed by atoms with E-state index >= 15 is 0 Å². The van der Waals surface area contributed by atoms with Crippen molar-refractivity contribution in [3.05, 3.63) is 0 Å². The lowest BCUT2D eigenvalue weighted by atomic mass is 10.1. The van der Waals surface area contributed by atoms with Gasteiger partial charge in [-0.3, -0.25) is 14.4 Å². The van der Waals surface area contributed by atoms with Crippen molar-refractivity contribution >= 4 is 29.7 Å². The Morgan fingerprint density at radius 3 is 2.35 bits per heavy atom. The Balaban J connectivity index is 4.73. The highest BCUT2D eigenvalue weighted by Crippen LogP contribution is 2.03. The maximum atomic E-state index is 11.7.